The van der Waals surface area contributed by atoms with Crippen LogP contribution in [0.2, 0.25) is 0 Å². The number of hydrogen-bond donors (Lipinski definition) is 2. The largest absolute Gasteiger partial charge is 0.444 e. The van der Waals surface area contributed by atoms with Crippen LogP contribution in [-0.4, -0.2) is 42.8 Å². The van der Waals surface area contributed by atoms with Gasteiger partial charge in [-0.3, -0.25) is 0 Å². The lowest BCUT2D eigenvalue weighted by Crippen LogP contribution is -2.42. The fraction of sp³-hybridized carbons (Fsp3) is 0.917. The predicted molar refractivity (Wildman–Crippen MR) is 74.7 cm³/mol. The number of hydrogen-bond acceptors (Lipinski definition) is 4. The Morgan fingerprint density at radius 3 is 2.59 bits per heavy atom. The van der Waals surface area contributed by atoms with E-state index in [9.17, 15) is 4.79 Å². The highest BCUT2D eigenvalue weighted by Gasteiger charge is 2.17. The third-order valence-electron chi connectivity index (χ3n) is 1.92. The molecular weight excluding hydrogens is 236 g/mol. The Kier molecular flexibility index (Phi) is 8.43. The van der Waals surface area contributed by atoms with Gasteiger partial charge >= 0.3 is 6.09 Å². The second-order valence-electron chi connectivity index (χ2n) is 5.10. The lowest BCUT2D eigenvalue weighted by atomic mass is 10.2. The summed E-state index contributed by atoms with van der Waals surface area (Å²) in [6.45, 7) is 9.30. The molecule has 0 aliphatic carbocycles. The molecule has 0 rings (SSSR count). The molecule has 1 unspecified atom stereocenters. The molecule has 1 amide bonds. The van der Waals surface area contributed by atoms with Gasteiger partial charge in [0, 0.05) is 12.6 Å². The highest BCUT2D eigenvalue weighted by molar-refractivity contribution is 7.98. The van der Waals surface area contributed by atoms with Crippen LogP contribution >= 0.6 is 11.8 Å². The summed E-state index contributed by atoms with van der Waals surface area (Å²) in [5, 5.41) is 6.10. The molecule has 102 valence electrons. The van der Waals surface area contributed by atoms with Crippen molar-refractivity contribution in [2.24, 2.45) is 0 Å². The van der Waals surface area contributed by atoms with Gasteiger partial charge in [-0.1, -0.05) is 0 Å². The molecule has 0 radical (unpaired) electrons. The minimum absolute atomic E-state index is 0.0825. The van der Waals surface area contributed by atoms with Crippen molar-refractivity contribution in [3.8, 4) is 0 Å². The molecule has 17 heavy (non-hydrogen) atoms. The second-order valence-corrected chi connectivity index (χ2v) is 6.08. The Bertz CT molecular complexity index is 217. The van der Waals surface area contributed by atoms with Crippen LogP contribution in [0.15, 0.2) is 0 Å². The number of carbonyl (C=O) groups is 1. The Morgan fingerprint density at radius 2 is 2.06 bits per heavy atom. The highest BCUT2D eigenvalue weighted by Crippen LogP contribution is 2.06. The van der Waals surface area contributed by atoms with Gasteiger partial charge in [0.1, 0.15) is 5.60 Å². The van der Waals surface area contributed by atoms with Crippen molar-refractivity contribution in [2.75, 3.05) is 25.1 Å². The van der Waals surface area contributed by atoms with E-state index in [2.05, 4.69) is 16.9 Å². The smallest absolute Gasteiger partial charge is 0.407 e. The number of ether oxygens (including phenoxy) is 1. The molecule has 0 aliphatic rings. The lowest BCUT2D eigenvalue weighted by molar-refractivity contribution is 0.0508. The van der Waals surface area contributed by atoms with Gasteiger partial charge in [-0.25, -0.2) is 4.79 Å². The van der Waals surface area contributed by atoms with Gasteiger partial charge in [0.15, 0.2) is 0 Å². The summed E-state index contributed by atoms with van der Waals surface area (Å²) >= 11 is 1.85. The molecule has 0 spiro atoms. The van der Waals surface area contributed by atoms with Crippen molar-refractivity contribution in [1.29, 1.82) is 0 Å². The quantitative estimate of drug-likeness (QED) is 0.691. The molecule has 1 atom stereocenters. The molecule has 0 fully saturated rings. The summed E-state index contributed by atoms with van der Waals surface area (Å²) in [5.41, 5.74) is -0.435. The first-order chi connectivity index (χ1) is 7.85. The summed E-state index contributed by atoms with van der Waals surface area (Å²) in [6.07, 6.45) is 2.91. The van der Waals surface area contributed by atoms with Crippen molar-refractivity contribution in [1.82, 2.24) is 10.6 Å². The minimum Gasteiger partial charge on any atom is -0.444 e. The van der Waals surface area contributed by atoms with E-state index in [-0.39, 0.29) is 12.1 Å². The lowest BCUT2D eigenvalue weighted by Gasteiger charge is -2.22. The fourth-order valence-electron chi connectivity index (χ4n) is 1.22. The van der Waals surface area contributed by atoms with E-state index in [0.717, 1.165) is 19.5 Å². The predicted octanol–water partition coefficient (Wildman–Crippen LogP) is 2.24. The monoisotopic (exact) mass is 262 g/mol. The SMILES string of the molecule is CSCCCNCC(C)NC(=O)OC(C)(C)C. The average Bonchev–Trinajstić information content (AvgIpc) is 2.14. The average molecular weight is 262 g/mol. The second kappa shape index (κ2) is 8.64. The van der Waals surface area contributed by atoms with E-state index < -0.39 is 5.60 Å². The van der Waals surface area contributed by atoms with Gasteiger partial charge in [-0.05, 0) is 52.7 Å². The zero-order valence-electron chi connectivity index (χ0n) is 11.6. The minimum atomic E-state index is -0.435. The zero-order valence-corrected chi connectivity index (χ0v) is 12.4. The molecule has 0 aromatic carbocycles. The molecule has 0 saturated carbocycles. The maximum Gasteiger partial charge on any atom is 0.407 e. The van der Waals surface area contributed by atoms with Crippen molar-refractivity contribution >= 4 is 17.9 Å². The maximum absolute atomic E-state index is 11.4. The first-order valence-corrected chi connectivity index (χ1v) is 7.43. The van der Waals surface area contributed by atoms with Crippen molar-refractivity contribution < 1.29 is 9.53 Å². The first-order valence-electron chi connectivity index (χ1n) is 6.04. The Hall–Kier alpha value is -0.420. The summed E-state index contributed by atoms with van der Waals surface area (Å²) in [5.74, 6) is 1.17. The normalized spacial score (nSPS) is 13.2. The van der Waals surface area contributed by atoms with E-state index in [0.29, 0.717) is 0 Å². The number of alkyl carbamates (subject to hydrolysis) is 1. The van der Waals surface area contributed by atoms with Crippen LogP contribution < -0.4 is 10.6 Å². The number of carbonyl (C=O) groups excluding carboxylic acids is 1. The van der Waals surface area contributed by atoms with Gasteiger partial charge in [-0.2, -0.15) is 11.8 Å². The standard InChI is InChI=1S/C12H26N2O2S/c1-10(9-13-7-6-8-17-5)14-11(15)16-12(2,3)4/h10,13H,6-9H2,1-5H3,(H,14,15). The van der Waals surface area contributed by atoms with Gasteiger partial charge in [0.2, 0.25) is 0 Å². The van der Waals surface area contributed by atoms with E-state index >= 15 is 0 Å². The molecule has 5 heteroatoms. The number of amides is 1. The van der Waals surface area contributed by atoms with Crippen LogP contribution in [0.25, 0.3) is 0 Å². The zero-order chi connectivity index (χ0) is 13.3. The van der Waals surface area contributed by atoms with Gasteiger partial charge in [0.25, 0.3) is 0 Å². The molecular formula is C12H26N2O2S. The Labute approximate surface area is 109 Å². The van der Waals surface area contributed by atoms with Crippen LogP contribution in [0.5, 0.6) is 0 Å². The Morgan fingerprint density at radius 1 is 1.41 bits per heavy atom. The fourth-order valence-corrected chi connectivity index (χ4v) is 1.65. The summed E-state index contributed by atoms with van der Waals surface area (Å²) in [7, 11) is 0. The van der Waals surface area contributed by atoms with Crippen LogP contribution in [0.4, 0.5) is 4.79 Å². The number of rotatable bonds is 7. The third-order valence-corrected chi connectivity index (χ3v) is 2.61. The molecule has 0 bridgehead atoms. The summed E-state index contributed by atoms with van der Waals surface area (Å²) < 4.78 is 5.17. The molecule has 0 saturated heterocycles. The number of nitrogens with one attached hydrogen (secondary N) is 2. The Balaban J connectivity index is 3.57. The highest BCUT2D eigenvalue weighted by atomic mass is 32.2. The number of thioether (sulfide) groups is 1. The molecule has 4 nitrogen and oxygen atoms in total. The molecule has 0 heterocycles. The third kappa shape index (κ3) is 11.8. The topological polar surface area (TPSA) is 50.4 Å². The van der Waals surface area contributed by atoms with E-state index in [4.69, 9.17) is 4.74 Å². The summed E-state index contributed by atoms with van der Waals surface area (Å²) in [4.78, 5) is 11.4. The van der Waals surface area contributed by atoms with Crippen LogP contribution in [0.3, 0.4) is 0 Å². The van der Waals surface area contributed by atoms with Crippen molar-refractivity contribution in [3.05, 3.63) is 0 Å². The van der Waals surface area contributed by atoms with E-state index in [1.807, 2.05) is 39.5 Å². The van der Waals surface area contributed by atoms with Crippen molar-refractivity contribution in [3.63, 3.8) is 0 Å². The molecule has 0 aromatic heterocycles. The first kappa shape index (κ1) is 16.6. The van der Waals surface area contributed by atoms with Gasteiger partial charge < -0.3 is 15.4 Å². The van der Waals surface area contributed by atoms with Crippen LogP contribution in [0, 0.1) is 0 Å². The van der Waals surface area contributed by atoms with Gasteiger partial charge in [-0.15, -0.1) is 0 Å². The van der Waals surface area contributed by atoms with Crippen molar-refractivity contribution in [2.45, 2.75) is 45.8 Å². The summed E-state index contributed by atoms with van der Waals surface area (Å²) in [6, 6.07) is 0.0825. The van der Waals surface area contributed by atoms with Gasteiger partial charge in [0.05, 0.1) is 0 Å². The van der Waals surface area contributed by atoms with E-state index in [1.54, 1.807) is 0 Å². The van der Waals surface area contributed by atoms with Crippen LogP contribution in [0.1, 0.15) is 34.1 Å². The molecule has 0 aliphatic heterocycles. The maximum atomic E-state index is 11.4. The molecule has 0 aromatic rings. The van der Waals surface area contributed by atoms with Crippen LogP contribution in [-0.2, 0) is 4.74 Å². The molecule has 2 N–H and O–H groups in total. The van der Waals surface area contributed by atoms with E-state index in [1.165, 1.54) is 5.75 Å².